The number of fused-ring (bicyclic) bond motifs is 1. The molecule has 1 N–H and O–H groups in total. The summed E-state index contributed by atoms with van der Waals surface area (Å²) in [4.78, 5) is 34.6. The maximum atomic E-state index is 12.3. The maximum absolute atomic E-state index is 12.3. The molecule has 0 spiro atoms. The van der Waals surface area contributed by atoms with E-state index in [0.29, 0.717) is 17.8 Å². The maximum Gasteiger partial charge on any atom is 0.420 e. The highest BCUT2D eigenvalue weighted by Gasteiger charge is 2.16. The van der Waals surface area contributed by atoms with E-state index in [4.69, 9.17) is 9.15 Å². The topological polar surface area (TPSA) is 117 Å². The van der Waals surface area contributed by atoms with E-state index in [1.54, 1.807) is 19.2 Å². The number of para-hydroxylation sites is 1. The summed E-state index contributed by atoms with van der Waals surface area (Å²) < 4.78 is 11.2. The van der Waals surface area contributed by atoms with E-state index in [0.717, 1.165) is 16.2 Å². The van der Waals surface area contributed by atoms with Gasteiger partial charge in [-0.3, -0.25) is 19.5 Å². The number of carbonyl (C=O) groups excluding carboxylic acids is 1. The van der Waals surface area contributed by atoms with Gasteiger partial charge in [0.2, 0.25) is 5.91 Å². The van der Waals surface area contributed by atoms with Crippen LogP contribution in [0.3, 0.4) is 0 Å². The van der Waals surface area contributed by atoms with Crippen LogP contribution in [0.1, 0.15) is 5.56 Å². The van der Waals surface area contributed by atoms with Gasteiger partial charge in [0.15, 0.2) is 5.58 Å². The average molecular weight is 357 g/mol. The summed E-state index contributed by atoms with van der Waals surface area (Å²) in [5.41, 5.74) is 1.54. The van der Waals surface area contributed by atoms with Crippen molar-refractivity contribution >= 4 is 28.4 Å². The molecule has 0 aliphatic carbocycles. The number of nitrogens with one attached hydrogen (secondary N) is 1. The number of methoxy groups -OCH3 is 1. The van der Waals surface area contributed by atoms with E-state index in [1.807, 2.05) is 12.1 Å². The lowest BCUT2D eigenvalue weighted by molar-refractivity contribution is -0.384. The number of ether oxygens (including phenoxy) is 1. The molecular formula is C17H15N3O6. The molecule has 3 aromatic rings. The molecule has 0 unspecified atom stereocenters. The third kappa shape index (κ3) is 3.47. The van der Waals surface area contributed by atoms with Crippen molar-refractivity contribution in [2.45, 2.75) is 13.2 Å². The van der Waals surface area contributed by atoms with Crippen LogP contribution in [0.15, 0.2) is 51.7 Å². The molecule has 0 aliphatic heterocycles. The number of hydrogen-bond donors (Lipinski definition) is 1. The first kappa shape index (κ1) is 17.4. The number of nitro benzene ring substituents is 1. The molecule has 3 rings (SSSR count). The van der Waals surface area contributed by atoms with Gasteiger partial charge in [0.25, 0.3) is 5.69 Å². The van der Waals surface area contributed by atoms with Crippen LogP contribution in [0, 0.1) is 10.1 Å². The molecule has 1 aromatic heterocycles. The van der Waals surface area contributed by atoms with Gasteiger partial charge >= 0.3 is 5.76 Å². The lowest BCUT2D eigenvalue weighted by Gasteiger charge is -2.10. The second-order valence-electron chi connectivity index (χ2n) is 5.50. The second kappa shape index (κ2) is 7.19. The highest BCUT2D eigenvalue weighted by molar-refractivity contribution is 5.92. The van der Waals surface area contributed by atoms with Gasteiger partial charge in [-0.1, -0.05) is 18.2 Å². The Morgan fingerprint density at radius 1 is 1.31 bits per heavy atom. The predicted molar refractivity (Wildman–Crippen MR) is 92.9 cm³/mol. The molecule has 26 heavy (non-hydrogen) atoms. The summed E-state index contributed by atoms with van der Waals surface area (Å²) >= 11 is 0. The van der Waals surface area contributed by atoms with Crippen LogP contribution in [0.5, 0.6) is 0 Å². The number of carbonyl (C=O) groups is 1. The van der Waals surface area contributed by atoms with Crippen LogP contribution in [0.4, 0.5) is 11.4 Å². The van der Waals surface area contributed by atoms with E-state index in [2.05, 4.69) is 5.32 Å². The van der Waals surface area contributed by atoms with Crippen molar-refractivity contribution in [2.24, 2.45) is 0 Å². The molecule has 0 saturated carbocycles. The van der Waals surface area contributed by atoms with Gasteiger partial charge in [-0.2, -0.15) is 0 Å². The summed E-state index contributed by atoms with van der Waals surface area (Å²) in [5, 5.41) is 13.5. The van der Waals surface area contributed by atoms with Gasteiger partial charge in [-0.05, 0) is 12.1 Å². The summed E-state index contributed by atoms with van der Waals surface area (Å²) in [6.07, 6.45) is 0. The zero-order valence-corrected chi connectivity index (χ0v) is 13.8. The molecule has 9 heteroatoms. The third-order valence-corrected chi connectivity index (χ3v) is 3.76. The van der Waals surface area contributed by atoms with Gasteiger partial charge in [0.1, 0.15) is 6.54 Å². The molecule has 0 fully saturated rings. The van der Waals surface area contributed by atoms with E-state index < -0.39 is 16.6 Å². The summed E-state index contributed by atoms with van der Waals surface area (Å²) in [6.45, 7) is 0.0413. The summed E-state index contributed by atoms with van der Waals surface area (Å²) in [6, 6.07) is 10.9. The molecule has 0 radical (unpaired) electrons. The van der Waals surface area contributed by atoms with E-state index in [-0.39, 0.29) is 17.8 Å². The molecule has 0 aliphatic rings. The molecular weight excluding hydrogens is 342 g/mol. The number of rotatable bonds is 6. The molecule has 9 nitrogen and oxygen atoms in total. The van der Waals surface area contributed by atoms with Crippen LogP contribution in [-0.4, -0.2) is 22.5 Å². The minimum atomic E-state index is -0.763. The first-order valence-corrected chi connectivity index (χ1v) is 7.64. The Labute approximate surface area is 146 Å². The number of nitrogens with zero attached hydrogens (tertiary/aromatic N) is 2. The van der Waals surface area contributed by atoms with Gasteiger partial charge in [0.05, 0.1) is 23.1 Å². The van der Waals surface area contributed by atoms with Crippen molar-refractivity contribution < 1.29 is 18.9 Å². The Bertz CT molecular complexity index is 1040. The number of anilines is 1. The van der Waals surface area contributed by atoms with Gasteiger partial charge < -0.3 is 14.5 Å². The highest BCUT2D eigenvalue weighted by Crippen LogP contribution is 2.20. The largest absolute Gasteiger partial charge is 0.420 e. The molecule has 0 bridgehead atoms. The number of amides is 1. The summed E-state index contributed by atoms with van der Waals surface area (Å²) in [7, 11) is 1.55. The Morgan fingerprint density at radius 3 is 2.81 bits per heavy atom. The lowest BCUT2D eigenvalue weighted by Crippen LogP contribution is -2.25. The minimum absolute atomic E-state index is 0.0526. The number of nitro groups is 1. The first-order chi connectivity index (χ1) is 12.5. The molecule has 1 heterocycles. The monoisotopic (exact) mass is 357 g/mol. The first-order valence-electron chi connectivity index (χ1n) is 7.64. The fourth-order valence-corrected chi connectivity index (χ4v) is 2.58. The van der Waals surface area contributed by atoms with E-state index >= 15 is 0 Å². The standard InChI is InChI=1S/C17H15N3O6/c1-25-10-11-4-2-3-5-13(11)18-16(21)9-19-14-7-6-12(20(23)24)8-15(14)26-17(19)22/h2-8H,9-10H2,1H3,(H,18,21). The summed E-state index contributed by atoms with van der Waals surface area (Å²) in [5.74, 6) is -1.20. The Kier molecular flexibility index (Phi) is 4.81. The second-order valence-corrected chi connectivity index (χ2v) is 5.50. The fraction of sp³-hybridized carbons (Fsp3) is 0.176. The minimum Gasteiger partial charge on any atom is -0.407 e. The van der Waals surface area contributed by atoms with Crippen molar-refractivity contribution in [3.63, 3.8) is 0 Å². The molecule has 0 saturated heterocycles. The molecule has 0 atom stereocenters. The van der Waals surface area contributed by atoms with Crippen LogP contribution < -0.4 is 11.1 Å². The molecule has 134 valence electrons. The van der Waals surface area contributed by atoms with Gasteiger partial charge in [0, 0.05) is 24.4 Å². The predicted octanol–water partition coefficient (Wildman–Crippen LogP) is 2.29. The highest BCUT2D eigenvalue weighted by atomic mass is 16.6. The van der Waals surface area contributed by atoms with E-state index in [9.17, 15) is 19.7 Å². The van der Waals surface area contributed by atoms with Crippen molar-refractivity contribution in [1.82, 2.24) is 4.57 Å². The van der Waals surface area contributed by atoms with Crippen LogP contribution in [-0.2, 0) is 22.7 Å². The number of benzene rings is 2. The van der Waals surface area contributed by atoms with E-state index in [1.165, 1.54) is 12.1 Å². The van der Waals surface area contributed by atoms with Crippen LogP contribution >= 0.6 is 0 Å². The molecule has 1 amide bonds. The van der Waals surface area contributed by atoms with Crippen LogP contribution in [0.25, 0.3) is 11.1 Å². The Balaban J connectivity index is 1.85. The van der Waals surface area contributed by atoms with Crippen molar-refractivity contribution in [3.8, 4) is 0 Å². The quantitative estimate of drug-likeness (QED) is 0.534. The zero-order valence-electron chi connectivity index (χ0n) is 13.8. The van der Waals surface area contributed by atoms with Crippen molar-refractivity contribution in [3.05, 3.63) is 68.7 Å². The number of non-ortho nitro benzene ring substituents is 1. The zero-order chi connectivity index (χ0) is 18.7. The lowest BCUT2D eigenvalue weighted by atomic mass is 10.2. The fourth-order valence-electron chi connectivity index (χ4n) is 2.58. The smallest absolute Gasteiger partial charge is 0.407 e. The molecule has 2 aromatic carbocycles. The van der Waals surface area contributed by atoms with Crippen molar-refractivity contribution in [1.29, 1.82) is 0 Å². The van der Waals surface area contributed by atoms with Gasteiger partial charge in [-0.15, -0.1) is 0 Å². The van der Waals surface area contributed by atoms with Gasteiger partial charge in [-0.25, -0.2) is 4.79 Å². The van der Waals surface area contributed by atoms with Crippen molar-refractivity contribution in [2.75, 3.05) is 12.4 Å². The SMILES string of the molecule is COCc1ccccc1NC(=O)Cn1c(=O)oc2cc([N+](=O)[O-])ccc21. The average Bonchev–Trinajstić information content (AvgIpc) is 2.91. The Morgan fingerprint density at radius 2 is 2.08 bits per heavy atom. The number of aromatic nitrogens is 1. The normalized spacial score (nSPS) is 10.8. The van der Waals surface area contributed by atoms with Crippen LogP contribution in [0.2, 0.25) is 0 Å². The third-order valence-electron chi connectivity index (χ3n) is 3.76. The number of hydrogen-bond acceptors (Lipinski definition) is 6. The Hall–Kier alpha value is -3.46. The number of oxazole rings is 1.